The normalized spacial score (nSPS) is 10.5. The lowest BCUT2D eigenvalue weighted by molar-refractivity contribution is 0.414. The molecule has 3 rings (SSSR count). The predicted octanol–water partition coefficient (Wildman–Crippen LogP) is 5.56. The van der Waals surface area contributed by atoms with Crippen LogP contribution in [0.5, 0.6) is 5.75 Å². The monoisotopic (exact) mass is 374 g/mol. The maximum Gasteiger partial charge on any atom is 0.121 e. The molecule has 0 bridgehead atoms. The van der Waals surface area contributed by atoms with Crippen molar-refractivity contribution in [2.75, 3.05) is 7.11 Å². The number of allylic oxidation sites excluding steroid dienone is 1. The molecule has 25 heavy (non-hydrogen) atoms. The molecule has 0 saturated heterocycles. The standard InChI is InChI=1S/C20H22N2OS.ClH/c1-5-12-22-15(3)14(2)18-10-11-21-20(19(18)22)24-13-16-6-8-17(23-4)9-7-16;/h5-11H,1,12-13H2,2-4H3;1H. The summed E-state index contributed by atoms with van der Waals surface area (Å²) in [7, 11) is 1.69. The molecular weight excluding hydrogens is 352 g/mol. The molecule has 0 aliphatic heterocycles. The molecule has 1 aromatic carbocycles. The largest absolute Gasteiger partial charge is 0.497 e. The second kappa shape index (κ2) is 8.45. The van der Waals surface area contributed by atoms with Gasteiger partial charge in [0.25, 0.3) is 0 Å². The Labute approximate surface area is 159 Å². The zero-order chi connectivity index (χ0) is 17.1. The zero-order valence-corrected chi connectivity index (χ0v) is 16.4. The average molecular weight is 375 g/mol. The number of aromatic nitrogens is 2. The summed E-state index contributed by atoms with van der Waals surface area (Å²) in [5.41, 5.74) is 5.07. The van der Waals surface area contributed by atoms with Crippen molar-refractivity contribution in [3.63, 3.8) is 0 Å². The zero-order valence-electron chi connectivity index (χ0n) is 14.8. The lowest BCUT2D eigenvalue weighted by atomic mass is 10.2. The van der Waals surface area contributed by atoms with E-state index >= 15 is 0 Å². The van der Waals surface area contributed by atoms with Gasteiger partial charge in [0.15, 0.2) is 0 Å². The summed E-state index contributed by atoms with van der Waals surface area (Å²) in [6.45, 7) is 9.04. The van der Waals surface area contributed by atoms with Crippen molar-refractivity contribution >= 4 is 35.1 Å². The van der Waals surface area contributed by atoms with Crippen molar-refractivity contribution in [3.05, 3.63) is 66.0 Å². The maximum absolute atomic E-state index is 5.22. The number of halogens is 1. The molecule has 132 valence electrons. The van der Waals surface area contributed by atoms with E-state index < -0.39 is 0 Å². The molecule has 0 unspecified atom stereocenters. The van der Waals surface area contributed by atoms with Crippen LogP contribution in [0.2, 0.25) is 0 Å². The SMILES string of the molecule is C=CCn1c(C)c(C)c2ccnc(SCc3ccc(OC)cc3)c21.Cl. The van der Waals surface area contributed by atoms with Crippen LogP contribution in [0.3, 0.4) is 0 Å². The highest BCUT2D eigenvalue weighted by molar-refractivity contribution is 7.98. The van der Waals surface area contributed by atoms with Crippen LogP contribution in [0.15, 0.2) is 54.2 Å². The van der Waals surface area contributed by atoms with Gasteiger partial charge in [0.1, 0.15) is 10.8 Å². The number of hydrogen-bond acceptors (Lipinski definition) is 3. The lowest BCUT2D eigenvalue weighted by Crippen LogP contribution is -1.99. The van der Waals surface area contributed by atoms with E-state index in [1.807, 2.05) is 24.4 Å². The third-order valence-corrected chi connectivity index (χ3v) is 5.41. The van der Waals surface area contributed by atoms with Crippen molar-refractivity contribution in [2.45, 2.75) is 31.2 Å². The van der Waals surface area contributed by atoms with Crippen LogP contribution in [0.4, 0.5) is 0 Å². The van der Waals surface area contributed by atoms with Gasteiger partial charge in [0.05, 0.1) is 12.6 Å². The van der Waals surface area contributed by atoms with Crippen LogP contribution < -0.4 is 4.74 Å². The molecule has 0 fully saturated rings. The quantitative estimate of drug-likeness (QED) is 0.417. The molecule has 0 aliphatic rings. The number of fused-ring (bicyclic) bond motifs is 1. The van der Waals surface area contributed by atoms with Crippen molar-refractivity contribution in [1.82, 2.24) is 9.55 Å². The highest BCUT2D eigenvalue weighted by Crippen LogP contribution is 2.33. The number of hydrogen-bond donors (Lipinski definition) is 0. The topological polar surface area (TPSA) is 27.1 Å². The number of thioether (sulfide) groups is 1. The van der Waals surface area contributed by atoms with Gasteiger partial charge in [-0.2, -0.15) is 0 Å². The second-order valence-corrected chi connectivity index (χ2v) is 6.72. The van der Waals surface area contributed by atoms with Gasteiger partial charge in [-0.3, -0.25) is 0 Å². The van der Waals surface area contributed by atoms with E-state index in [1.165, 1.54) is 27.7 Å². The number of pyridine rings is 1. The van der Waals surface area contributed by atoms with E-state index in [1.54, 1.807) is 18.9 Å². The maximum atomic E-state index is 5.22. The number of methoxy groups -OCH3 is 1. The smallest absolute Gasteiger partial charge is 0.121 e. The predicted molar refractivity (Wildman–Crippen MR) is 109 cm³/mol. The van der Waals surface area contributed by atoms with Crippen LogP contribution in [-0.2, 0) is 12.3 Å². The summed E-state index contributed by atoms with van der Waals surface area (Å²) in [6, 6.07) is 10.3. The molecule has 3 aromatic rings. The average Bonchev–Trinajstić information content (AvgIpc) is 2.86. The van der Waals surface area contributed by atoms with E-state index in [-0.39, 0.29) is 12.4 Å². The summed E-state index contributed by atoms with van der Waals surface area (Å²) in [5.74, 6) is 1.77. The molecule has 0 spiro atoms. The van der Waals surface area contributed by atoms with Gasteiger partial charge >= 0.3 is 0 Å². The van der Waals surface area contributed by atoms with Crippen LogP contribution in [-0.4, -0.2) is 16.7 Å². The lowest BCUT2D eigenvalue weighted by Gasteiger charge is -2.09. The third-order valence-electron chi connectivity index (χ3n) is 4.36. The molecule has 5 heteroatoms. The third kappa shape index (κ3) is 3.86. The first-order chi connectivity index (χ1) is 11.7. The molecule has 2 heterocycles. The first-order valence-corrected chi connectivity index (χ1v) is 8.95. The van der Waals surface area contributed by atoms with Crippen molar-refractivity contribution in [2.24, 2.45) is 0 Å². The Morgan fingerprint density at radius 1 is 1.20 bits per heavy atom. The molecule has 3 nitrogen and oxygen atoms in total. The molecule has 0 aliphatic carbocycles. The van der Waals surface area contributed by atoms with Gasteiger partial charge in [-0.25, -0.2) is 4.98 Å². The van der Waals surface area contributed by atoms with E-state index in [9.17, 15) is 0 Å². The first-order valence-electron chi connectivity index (χ1n) is 7.96. The number of rotatable bonds is 6. The number of aryl methyl sites for hydroxylation is 1. The fourth-order valence-electron chi connectivity index (χ4n) is 2.90. The molecule has 0 atom stereocenters. The Bertz CT molecular complexity index is 872. The van der Waals surface area contributed by atoms with Crippen LogP contribution in [0.25, 0.3) is 10.9 Å². The Balaban J connectivity index is 0.00000225. The molecule has 0 amide bonds. The molecule has 0 saturated carbocycles. The Hall–Kier alpha value is -1.91. The fraction of sp³-hybridized carbons (Fsp3) is 0.250. The van der Waals surface area contributed by atoms with E-state index in [0.29, 0.717) is 0 Å². The van der Waals surface area contributed by atoms with E-state index in [0.717, 1.165) is 23.1 Å². The van der Waals surface area contributed by atoms with Gasteiger partial charge < -0.3 is 9.30 Å². The number of benzene rings is 1. The highest BCUT2D eigenvalue weighted by Gasteiger charge is 2.14. The minimum Gasteiger partial charge on any atom is -0.497 e. The van der Waals surface area contributed by atoms with Crippen LogP contribution >= 0.6 is 24.2 Å². The fourth-order valence-corrected chi connectivity index (χ4v) is 3.89. The van der Waals surface area contributed by atoms with Crippen molar-refractivity contribution < 1.29 is 4.74 Å². The number of nitrogens with zero attached hydrogens (tertiary/aromatic N) is 2. The van der Waals surface area contributed by atoms with Gasteiger partial charge in [-0.1, -0.05) is 30.0 Å². The summed E-state index contributed by atoms with van der Waals surface area (Å²) >= 11 is 1.77. The Kier molecular flexibility index (Phi) is 6.57. The summed E-state index contributed by atoms with van der Waals surface area (Å²) < 4.78 is 7.52. The van der Waals surface area contributed by atoms with Crippen molar-refractivity contribution in [3.8, 4) is 5.75 Å². The van der Waals surface area contributed by atoms with Crippen LogP contribution in [0, 0.1) is 13.8 Å². The minimum absolute atomic E-state index is 0. The van der Waals surface area contributed by atoms with E-state index in [4.69, 9.17) is 4.74 Å². The first kappa shape index (κ1) is 19.4. The molecular formula is C20H23ClN2OS. The Morgan fingerprint density at radius 3 is 2.56 bits per heavy atom. The molecule has 2 aromatic heterocycles. The van der Waals surface area contributed by atoms with Gasteiger partial charge in [0.2, 0.25) is 0 Å². The molecule has 0 N–H and O–H groups in total. The highest BCUT2D eigenvalue weighted by atomic mass is 35.5. The van der Waals surface area contributed by atoms with Crippen LogP contribution in [0.1, 0.15) is 16.8 Å². The second-order valence-electron chi connectivity index (χ2n) is 5.76. The summed E-state index contributed by atoms with van der Waals surface area (Å²) in [6.07, 6.45) is 3.85. The van der Waals surface area contributed by atoms with Gasteiger partial charge in [-0.15, -0.1) is 19.0 Å². The summed E-state index contributed by atoms with van der Waals surface area (Å²) in [5, 5.41) is 2.35. The van der Waals surface area contributed by atoms with Crippen molar-refractivity contribution in [1.29, 1.82) is 0 Å². The Morgan fingerprint density at radius 2 is 1.92 bits per heavy atom. The summed E-state index contributed by atoms with van der Waals surface area (Å²) in [4.78, 5) is 4.64. The van der Waals surface area contributed by atoms with E-state index in [2.05, 4.69) is 48.2 Å². The number of ether oxygens (including phenoxy) is 1. The van der Waals surface area contributed by atoms with Gasteiger partial charge in [0, 0.05) is 29.6 Å². The minimum atomic E-state index is 0. The molecule has 0 radical (unpaired) electrons. The van der Waals surface area contributed by atoms with Gasteiger partial charge in [-0.05, 0) is 43.2 Å².